The Hall–Kier alpha value is -1.06. The Labute approximate surface area is 121 Å². The highest BCUT2D eigenvalue weighted by molar-refractivity contribution is 5.80. The lowest BCUT2D eigenvalue weighted by Crippen LogP contribution is -2.37. The predicted molar refractivity (Wildman–Crippen MR) is 77.4 cm³/mol. The first-order chi connectivity index (χ1) is 9.57. The summed E-state index contributed by atoms with van der Waals surface area (Å²) in [5.41, 5.74) is -0.695. The van der Waals surface area contributed by atoms with Gasteiger partial charge < -0.3 is 10.0 Å². The Morgan fingerprint density at radius 3 is 2.35 bits per heavy atom. The van der Waals surface area contributed by atoms with E-state index in [0.29, 0.717) is 38.3 Å². The van der Waals surface area contributed by atoms with Crippen LogP contribution in [0, 0.1) is 11.3 Å². The number of aliphatic carboxylic acids is 1. The van der Waals surface area contributed by atoms with Gasteiger partial charge in [-0.15, -0.1) is 0 Å². The summed E-state index contributed by atoms with van der Waals surface area (Å²) in [7, 11) is 0. The number of nitrogens with zero attached hydrogens (tertiary/aromatic N) is 1. The maximum absolute atomic E-state index is 12.4. The van der Waals surface area contributed by atoms with Crippen molar-refractivity contribution in [2.45, 2.75) is 64.7 Å². The molecule has 1 unspecified atom stereocenters. The van der Waals surface area contributed by atoms with Crippen LogP contribution in [-0.4, -0.2) is 35.0 Å². The van der Waals surface area contributed by atoms with Crippen molar-refractivity contribution in [3.63, 3.8) is 0 Å². The summed E-state index contributed by atoms with van der Waals surface area (Å²) in [6.45, 7) is 2.93. The van der Waals surface area contributed by atoms with Crippen LogP contribution in [0.3, 0.4) is 0 Å². The first-order valence-corrected chi connectivity index (χ1v) is 8.08. The highest BCUT2D eigenvalue weighted by Gasteiger charge is 2.44. The minimum absolute atomic E-state index is 0.175. The molecule has 20 heavy (non-hydrogen) atoms. The summed E-state index contributed by atoms with van der Waals surface area (Å²) in [5.74, 6) is -0.0512. The number of carbonyl (C=O) groups is 2. The van der Waals surface area contributed by atoms with Crippen LogP contribution in [0.15, 0.2) is 0 Å². The first kappa shape index (κ1) is 15.3. The fourth-order valence-electron chi connectivity index (χ4n) is 3.64. The Kier molecular flexibility index (Phi) is 5.06. The minimum atomic E-state index is -0.746. The van der Waals surface area contributed by atoms with Gasteiger partial charge in [0.25, 0.3) is 0 Å². The van der Waals surface area contributed by atoms with Crippen molar-refractivity contribution in [2.24, 2.45) is 11.3 Å². The van der Waals surface area contributed by atoms with Crippen LogP contribution in [0.2, 0.25) is 0 Å². The van der Waals surface area contributed by atoms with E-state index in [1.807, 2.05) is 6.92 Å². The van der Waals surface area contributed by atoms with Crippen molar-refractivity contribution >= 4 is 11.9 Å². The van der Waals surface area contributed by atoms with Crippen molar-refractivity contribution in [3.8, 4) is 0 Å². The van der Waals surface area contributed by atoms with E-state index in [0.717, 1.165) is 12.8 Å². The van der Waals surface area contributed by atoms with Crippen LogP contribution < -0.4 is 0 Å². The van der Waals surface area contributed by atoms with Gasteiger partial charge in [-0.2, -0.15) is 0 Å². The lowest BCUT2D eigenvalue weighted by molar-refractivity contribution is -0.148. The average molecular weight is 281 g/mol. The van der Waals surface area contributed by atoms with E-state index < -0.39 is 11.4 Å². The number of likely N-dealkylation sites (tertiary alicyclic amines) is 1. The van der Waals surface area contributed by atoms with Gasteiger partial charge >= 0.3 is 5.97 Å². The molecule has 1 atom stereocenters. The molecule has 0 radical (unpaired) electrons. The number of hydrogen-bond donors (Lipinski definition) is 1. The molecule has 2 rings (SSSR count). The highest BCUT2D eigenvalue weighted by Crippen LogP contribution is 2.35. The third-order valence-electron chi connectivity index (χ3n) is 5.27. The molecule has 0 spiro atoms. The molecule has 2 fully saturated rings. The number of carboxylic acid groups (broad SMARTS) is 1. The largest absolute Gasteiger partial charge is 0.481 e. The van der Waals surface area contributed by atoms with E-state index in [2.05, 4.69) is 0 Å². The number of amides is 1. The van der Waals surface area contributed by atoms with Gasteiger partial charge in [0.2, 0.25) is 5.91 Å². The molecular formula is C16H27NO3. The van der Waals surface area contributed by atoms with Crippen molar-refractivity contribution in [1.82, 2.24) is 4.90 Å². The molecule has 1 heterocycles. The third kappa shape index (κ3) is 3.33. The lowest BCUT2D eigenvalue weighted by Gasteiger charge is -2.24. The molecule has 1 saturated heterocycles. The lowest BCUT2D eigenvalue weighted by atomic mass is 9.84. The van der Waals surface area contributed by atoms with E-state index in [9.17, 15) is 14.7 Å². The summed E-state index contributed by atoms with van der Waals surface area (Å²) in [5, 5.41) is 9.38. The van der Waals surface area contributed by atoms with Crippen LogP contribution in [-0.2, 0) is 9.59 Å². The standard InChI is InChI=1S/C16H27NO3/c1-2-16(15(19)20)9-10-17(12-16)14(18)11-13-7-5-3-4-6-8-13/h13H,2-12H2,1H3,(H,19,20). The number of hydrogen-bond acceptors (Lipinski definition) is 2. The van der Waals surface area contributed by atoms with Gasteiger partial charge in [0.05, 0.1) is 5.41 Å². The molecule has 1 aliphatic carbocycles. The average Bonchev–Trinajstić information content (AvgIpc) is 2.73. The molecular weight excluding hydrogens is 254 g/mol. The zero-order valence-electron chi connectivity index (χ0n) is 12.6. The molecule has 4 nitrogen and oxygen atoms in total. The van der Waals surface area contributed by atoms with Gasteiger partial charge in [-0.25, -0.2) is 0 Å². The molecule has 1 N–H and O–H groups in total. The third-order valence-corrected chi connectivity index (χ3v) is 5.27. The molecule has 0 aromatic carbocycles. The summed E-state index contributed by atoms with van der Waals surface area (Å²) in [4.78, 5) is 25.6. The Bertz CT molecular complexity index is 361. The molecule has 1 aliphatic heterocycles. The fraction of sp³-hybridized carbons (Fsp3) is 0.875. The second kappa shape index (κ2) is 6.59. The number of carbonyl (C=O) groups excluding carboxylic acids is 1. The van der Waals surface area contributed by atoms with Crippen molar-refractivity contribution in [2.75, 3.05) is 13.1 Å². The van der Waals surface area contributed by atoms with Crippen molar-refractivity contribution < 1.29 is 14.7 Å². The fourth-order valence-corrected chi connectivity index (χ4v) is 3.64. The SMILES string of the molecule is CCC1(C(=O)O)CCN(C(=O)CC2CCCCCC2)C1. The molecule has 1 amide bonds. The summed E-state index contributed by atoms with van der Waals surface area (Å²) in [6.07, 6.45) is 9.25. The molecule has 0 aromatic rings. The minimum Gasteiger partial charge on any atom is -0.481 e. The van der Waals surface area contributed by atoms with Gasteiger partial charge in [-0.3, -0.25) is 9.59 Å². The molecule has 1 saturated carbocycles. The molecule has 0 bridgehead atoms. The van der Waals surface area contributed by atoms with Crippen LogP contribution in [0.25, 0.3) is 0 Å². The topological polar surface area (TPSA) is 57.6 Å². The second-order valence-electron chi connectivity index (χ2n) is 6.57. The van der Waals surface area contributed by atoms with E-state index in [1.54, 1.807) is 4.90 Å². The van der Waals surface area contributed by atoms with E-state index in [1.165, 1.54) is 25.7 Å². The zero-order valence-corrected chi connectivity index (χ0v) is 12.6. The normalized spacial score (nSPS) is 28.4. The van der Waals surface area contributed by atoms with Gasteiger partial charge in [-0.1, -0.05) is 32.6 Å². The number of rotatable bonds is 4. The Balaban J connectivity index is 1.89. The summed E-state index contributed by atoms with van der Waals surface area (Å²) in [6, 6.07) is 0. The molecule has 0 aromatic heterocycles. The summed E-state index contributed by atoms with van der Waals surface area (Å²) >= 11 is 0. The zero-order chi connectivity index (χ0) is 14.6. The van der Waals surface area contributed by atoms with Gasteiger partial charge in [-0.05, 0) is 31.6 Å². The maximum atomic E-state index is 12.4. The van der Waals surface area contributed by atoms with Crippen LogP contribution in [0.1, 0.15) is 64.7 Å². The van der Waals surface area contributed by atoms with Gasteiger partial charge in [0.15, 0.2) is 0 Å². The van der Waals surface area contributed by atoms with Crippen molar-refractivity contribution in [3.05, 3.63) is 0 Å². The van der Waals surface area contributed by atoms with Crippen molar-refractivity contribution in [1.29, 1.82) is 0 Å². The maximum Gasteiger partial charge on any atom is 0.311 e. The van der Waals surface area contributed by atoms with Crippen LogP contribution in [0.4, 0.5) is 0 Å². The second-order valence-corrected chi connectivity index (χ2v) is 6.57. The quantitative estimate of drug-likeness (QED) is 0.806. The van der Waals surface area contributed by atoms with E-state index in [4.69, 9.17) is 0 Å². The predicted octanol–water partition coefficient (Wildman–Crippen LogP) is 3.06. The Morgan fingerprint density at radius 2 is 1.85 bits per heavy atom. The molecule has 114 valence electrons. The molecule has 2 aliphatic rings. The van der Waals surface area contributed by atoms with E-state index in [-0.39, 0.29) is 5.91 Å². The van der Waals surface area contributed by atoms with Gasteiger partial charge in [0.1, 0.15) is 0 Å². The highest BCUT2D eigenvalue weighted by atomic mass is 16.4. The first-order valence-electron chi connectivity index (χ1n) is 8.08. The van der Waals surface area contributed by atoms with Crippen LogP contribution in [0.5, 0.6) is 0 Å². The van der Waals surface area contributed by atoms with Crippen LogP contribution >= 0.6 is 0 Å². The number of carboxylic acids is 1. The van der Waals surface area contributed by atoms with E-state index >= 15 is 0 Å². The smallest absolute Gasteiger partial charge is 0.311 e. The summed E-state index contributed by atoms with van der Waals surface area (Å²) < 4.78 is 0. The Morgan fingerprint density at radius 1 is 1.20 bits per heavy atom. The van der Waals surface area contributed by atoms with Gasteiger partial charge in [0, 0.05) is 19.5 Å². The monoisotopic (exact) mass is 281 g/mol. The molecule has 4 heteroatoms.